The highest BCUT2D eigenvalue weighted by Crippen LogP contribution is 2.30. The molecule has 1 aliphatic rings. The standard InChI is InChI=1S/C19H32N2/c1-4-21(15-19-9-10-19)14-18-7-5-17(6-8-18)11-12-20-13-16(2)3/h5-8,16,19-20H,4,9-15H2,1-3H3. The Morgan fingerprint density at radius 1 is 1.14 bits per heavy atom. The molecule has 2 rings (SSSR count). The minimum Gasteiger partial charge on any atom is -0.316 e. The lowest BCUT2D eigenvalue weighted by Gasteiger charge is -2.20. The Labute approximate surface area is 130 Å². The summed E-state index contributed by atoms with van der Waals surface area (Å²) in [7, 11) is 0. The van der Waals surface area contributed by atoms with Crippen molar-refractivity contribution < 1.29 is 0 Å². The highest BCUT2D eigenvalue weighted by atomic mass is 15.1. The average molecular weight is 288 g/mol. The van der Waals surface area contributed by atoms with Gasteiger partial charge in [0, 0.05) is 13.1 Å². The van der Waals surface area contributed by atoms with Gasteiger partial charge in [0.1, 0.15) is 0 Å². The molecule has 1 aliphatic carbocycles. The van der Waals surface area contributed by atoms with Gasteiger partial charge in [0.15, 0.2) is 0 Å². The third-order valence-corrected chi connectivity index (χ3v) is 4.23. The van der Waals surface area contributed by atoms with Gasteiger partial charge < -0.3 is 5.32 Å². The third-order valence-electron chi connectivity index (χ3n) is 4.23. The first kappa shape index (κ1) is 16.5. The van der Waals surface area contributed by atoms with Crippen LogP contribution in [0.2, 0.25) is 0 Å². The first-order chi connectivity index (χ1) is 10.2. The molecule has 1 aromatic rings. The number of hydrogen-bond acceptors (Lipinski definition) is 2. The molecule has 2 nitrogen and oxygen atoms in total. The van der Waals surface area contributed by atoms with Crippen molar-refractivity contribution in [3.8, 4) is 0 Å². The lowest BCUT2D eigenvalue weighted by molar-refractivity contribution is 0.268. The van der Waals surface area contributed by atoms with E-state index < -0.39 is 0 Å². The van der Waals surface area contributed by atoms with Crippen LogP contribution in [-0.2, 0) is 13.0 Å². The molecule has 1 saturated carbocycles. The second kappa shape index (κ2) is 8.55. The van der Waals surface area contributed by atoms with Crippen molar-refractivity contribution >= 4 is 0 Å². The van der Waals surface area contributed by atoms with Crippen molar-refractivity contribution in [2.75, 3.05) is 26.2 Å². The van der Waals surface area contributed by atoms with Gasteiger partial charge in [-0.25, -0.2) is 0 Å². The van der Waals surface area contributed by atoms with E-state index in [0.717, 1.165) is 44.4 Å². The number of nitrogens with zero attached hydrogens (tertiary/aromatic N) is 1. The van der Waals surface area contributed by atoms with E-state index >= 15 is 0 Å². The molecule has 1 aromatic carbocycles. The highest BCUT2D eigenvalue weighted by Gasteiger charge is 2.23. The fourth-order valence-corrected chi connectivity index (χ4v) is 2.66. The van der Waals surface area contributed by atoms with Gasteiger partial charge in [0.05, 0.1) is 0 Å². The molecule has 1 N–H and O–H groups in total. The zero-order valence-corrected chi connectivity index (χ0v) is 14.1. The second-order valence-corrected chi connectivity index (χ2v) is 6.94. The van der Waals surface area contributed by atoms with Crippen molar-refractivity contribution in [3.63, 3.8) is 0 Å². The van der Waals surface area contributed by atoms with Crippen molar-refractivity contribution in [2.24, 2.45) is 11.8 Å². The first-order valence-corrected chi connectivity index (χ1v) is 8.68. The molecule has 0 heterocycles. The molecular formula is C19H32N2. The third kappa shape index (κ3) is 6.62. The van der Waals surface area contributed by atoms with Crippen molar-refractivity contribution in [1.82, 2.24) is 10.2 Å². The molecular weight excluding hydrogens is 256 g/mol. The summed E-state index contributed by atoms with van der Waals surface area (Å²) in [5, 5.41) is 3.51. The highest BCUT2D eigenvalue weighted by molar-refractivity contribution is 5.22. The Bertz CT molecular complexity index is 393. The Hall–Kier alpha value is -0.860. The van der Waals surface area contributed by atoms with Gasteiger partial charge in [0.25, 0.3) is 0 Å². The van der Waals surface area contributed by atoms with E-state index in [9.17, 15) is 0 Å². The van der Waals surface area contributed by atoms with Gasteiger partial charge in [-0.3, -0.25) is 4.90 Å². The predicted molar refractivity (Wildman–Crippen MR) is 91.5 cm³/mol. The maximum atomic E-state index is 3.51. The molecule has 118 valence electrons. The van der Waals surface area contributed by atoms with E-state index in [1.165, 1.54) is 30.5 Å². The van der Waals surface area contributed by atoms with Crippen LogP contribution in [0, 0.1) is 11.8 Å². The van der Waals surface area contributed by atoms with E-state index in [4.69, 9.17) is 0 Å². The van der Waals surface area contributed by atoms with Crippen LogP contribution in [0.1, 0.15) is 44.7 Å². The minimum absolute atomic E-state index is 0.735. The van der Waals surface area contributed by atoms with Crippen molar-refractivity contribution in [3.05, 3.63) is 35.4 Å². The number of rotatable bonds is 10. The Kier molecular flexibility index (Phi) is 6.72. The van der Waals surface area contributed by atoms with Crippen LogP contribution >= 0.6 is 0 Å². The summed E-state index contributed by atoms with van der Waals surface area (Å²) in [5.41, 5.74) is 2.90. The molecule has 0 unspecified atom stereocenters. The van der Waals surface area contributed by atoms with E-state index in [1.807, 2.05) is 0 Å². The predicted octanol–water partition coefficient (Wildman–Crippen LogP) is 3.71. The summed E-state index contributed by atoms with van der Waals surface area (Å²) in [6, 6.07) is 9.23. The summed E-state index contributed by atoms with van der Waals surface area (Å²) < 4.78 is 0. The maximum Gasteiger partial charge on any atom is 0.0233 e. The molecule has 2 heteroatoms. The van der Waals surface area contributed by atoms with Gasteiger partial charge in [0.2, 0.25) is 0 Å². The molecule has 0 radical (unpaired) electrons. The van der Waals surface area contributed by atoms with Crippen LogP contribution in [0.5, 0.6) is 0 Å². The Morgan fingerprint density at radius 3 is 2.38 bits per heavy atom. The summed E-state index contributed by atoms with van der Waals surface area (Å²) in [5.74, 6) is 1.72. The van der Waals surface area contributed by atoms with Gasteiger partial charge in [-0.1, -0.05) is 45.0 Å². The molecule has 0 aromatic heterocycles. The average Bonchev–Trinajstić information content (AvgIpc) is 3.28. The number of benzene rings is 1. The Morgan fingerprint density at radius 2 is 1.81 bits per heavy atom. The summed E-state index contributed by atoms with van der Waals surface area (Å²) in [6.45, 7) is 12.5. The fraction of sp³-hybridized carbons (Fsp3) is 0.684. The van der Waals surface area contributed by atoms with E-state index in [1.54, 1.807) is 0 Å². The largest absolute Gasteiger partial charge is 0.316 e. The fourth-order valence-electron chi connectivity index (χ4n) is 2.66. The normalized spacial score (nSPS) is 15.1. The summed E-state index contributed by atoms with van der Waals surface area (Å²) in [6.07, 6.45) is 4.02. The zero-order chi connectivity index (χ0) is 15.1. The zero-order valence-electron chi connectivity index (χ0n) is 14.1. The van der Waals surface area contributed by atoms with Gasteiger partial charge >= 0.3 is 0 Å². The van der Waals surface area contributed by atoms with Gasteiger partial charge in [-0.15, -0.1) is 0 Å². The lowest BCUT2D eigenvalue weighted by Crippen LogP contribution is -2.25. The lowest BCUT2D eigenvalue weighted by atomic mass is 10.1. The molecule has 0 bridgehead atoms. The second-order valence-electron chi connectivity index (χ2n) is 6.94. The summed E-state index contributed by atoms with van der Waals surface area (Å²) >= 11 is 0. The van der Waals surface area contributed by atoms with E-state index in [2.05, 4.69) is 55.3 Å². The van der Waals surface area contributed by atoms with E-state index in [-0.39, 0.29) is 0 Å². The van der Waals surface area contributed by atoms with Crippen LogP contribution in [-0.4, -0.2) is 31.1 Å². The van der Waals surface area contributed by atoms with Crippen LogP contribution in [0.4, 0.5) is 0 Å². The summed E-state index contributed by atoms with van der Waals surface area (Å²) in [4.78, 5) is 2.58. The minimum atomic E-state index is 0.735. The molecule has 0 amide bonds. The van der Waals surface area contributed by atoms with Crippen molar-refractivity contribution in [2.45, 2.75) is 46.6 Å². The van der Waals surface area contributed by atoms with Crippen LogP contribution in [0.3, 0.4) is 0 Å². The SMILES string of the molecule is CCN(Cc1ccc(CCNCC(C)C)cc1)CC1CC1. The monoisotopic (exact) mass is 288 g/mol. The molecule has 0 aliphatic heterocycles. The van der Waals surface area contributed by atoms with Crippen molar-refractivity contribution in [1.29, 1.82) is 0 Å². The molecule has 21 heavy (non-hydrogen) atoms. The maximum absolute atomic E-state index is 3.51. The molecule has 1 fully saturated rings. The van der Waals surface area contributed by atoms with Crippen LogP contribution in [0.15, 0.2) is 24.3 Å². The van der Waals surface area contributed by atoms with E-state index in [0.29, 0.717) is 0 Å². The van der Waals surface area contributed by atoms with Gasteiger partial charge in [-0.05, 0) is 61.9 Å². The van der Waals surface area contributed by atoms with Crippen LogP contribution < -0.4 is 5.32 Å². The Balaban J connectivity index is 1.72. The first-order valence-electron chi connectivity index (χ1n) is 8.68. The molecule has 0 atom stereocenters. The van der Waals surface area contributed by atoms with Crippen LogP contribution in [0.25, 0.3) is 0 Å². The quantitative estimate of drug-likeness (QED) is 0.660. The molecule has 0 spiro atoms. The number of hydrogen-bond donors (Lipinski definition) is 1. The topological polar surface area (TPSA) is 15.3 Å². The van der Waals surface area contributed by atoms with Gasteiger partial charge in [-0.2, -0.15) is 0 Å². The molecule has 0 saturated heterocycles. The number of nitrogens with one attached hydrogen (secondary N) is 1. The smallest absolute Gasteiger partial charge is 0.0233 e.